The second-order valence-electron chi connectivity index (χ2n) is 7.08. The molecule has 130 valence electrons. The van der Waals surface area contributed by atoms with Gasteiger partial charge in [-0.1, -0.05) is 12.8 Å². The quantitative estimate of drug-likeness (QED) is 0.871. The largest absolute Gasteiger partial charge is 0.478 e. The number of aromatic carboxylic acids is 1. The molecule has 1 aromatic rings. The number of carboxylic acid groups (broad SMARTS) is 1. The summed E-state index contributed by atoms with van der Waals surface area (Å²) in [5, 5.41) is 12.0. The zero-order valence-corrected chi connectivity index (χ0v) is 14.0. The van der Waals surface area contributed by atoms with E-state index in [0.29, 0.717) is 5.56 Å². The summed E-state index contributed by atoms with van der Waals surface area (Å²) in [6.07, 6.45) is 7.51. The molecule has 2 N–H and O–H groups in total. The Balaban J connectivity index is 1.45. The molecule has 1 aromatic carbocycles. The molecular weight excluding hydrogens is 304 g/mol. The van der Waals surface area contributed by atoms with Crippen molar-refractivity contribution in [2.45, 2.75) is 44.6 Å². The number of nitrogens with zero attached hydrogens (tertiary/aromatic N) is 1. The Morgan fingerprint density at radius 3 is 2.17 bits per heavy atom. The van der Waals surface area contributed by atoms with Crippen molar-refractivity contribution >= 4 is 11.9 Å². The van der Waals surface area contributed by atoms with Crippen molar-refractivity contribution in [3.63, 3.8) is 0 Å². The van der Waals surface area contributed by atoms with Crippen molar-refractivity contribution in [2.24, 2.45) is 5.92 Å². The molecule has 2 fully saturated rings. The summed E-state index contributed by atoms with van der Waals surface area (Å²) in [6.45, 7) is 3.33. The molecule has 1 saturated heterocycles. The summed E-state index contributed by atoms with van der Waals surface area (Å²) in [7, 11) is 0. The Kier molecular flexibility index (Phi) is 5.51. The molecule has 0 radical (unpaired) electrons. The normalized spacial score (nSPS) is 20.2. The van der Waals surface area contributed by atoms with Crippen molar-refractivity contribution < 1.29 is 14.7 Å². The fourth-order valence-corrected chi connectivity index (χ4v) is 3.85. The lowest BCUT2D eigenvalue weighted by atomic mass is 10.0. The zero-order valence-electron chi connectivity index (χ0n) is 14.0. The highest BCUT2D eigenvalue weighted by Crippen LogP contribution is 2.26. The van der Waals surface area contributed by atoms with E-state index < -0.39 is 5.97 Å². The molecule has 1 amide bonds. The molecule has 3 rings (SSSR count). The first kappa shape index (κ1) is 17.0. The topological polar surface area (TPSA) is 69.6 Å². The number of benzene rings is 1. The van der Waals surface area contributed by atoms with E-state index in [2.05, 4.69) is 10.2 Å². The van der Waals surface area contributed by atoms with Gasteiger partial charge in [0, 0.05) is 31.2 Å². The third kappa shape index (κ3) is 4.35. The van der Waals surface area contributed by atoms with Gasteiger partial charge in [0.1, 0.15) is 0 Å². The van der Waals surface area contributed by atoms with Crippen LogP contribution in [-0.4, -0.2) is 47.6 Å². The maximum atomic E-state index is 12.3. The summed E-state index contributed by atoms with van der Waals surface area (Å²) in [6, 6.07) is 6.32. The highest BCUT2D eigenvalue weighted by atomic mass is 16.4. The van der Waals surface area contributed by atoms with Gasteiger partial charge in [-0.15, -0.1) is 0 Å². The van der Waals surface area contributed by atoms with Crippen LogP contribution in [-0.2, 0) is 0 Å². The van der Waals surface area contributed by atoms with Crippen LogP contribution < -0.4 is 5.32 Å². The third-order valence-corrected chi connectivity index (χ3v) is 5.31. The van der Waals surface area contributed by atoms with Gasteiger partial charge >= 0.3 is 5.97 Å². The first-order valence-corrected chi connectivity index (χ1v) is 8.98. The third-order valence-electron chi connectivity index (χ3n) is 5.31. The Morgan fingerprint density at radius 1 is 1.00 bits per heavy atom. The number of rotatable bonds is 5. The Morgan fingerprint density at radius 2 is 1.58 bits per heavy atom. The van der Waals surface area contributed by atoms with Crippen molar-refractivity contribution in [3.05, 3.63) is 35.4 Å². The highest BCUT2D eigenvalue weighted by Gasteiger charge is 2.24. The smallest absolute Gasteiger partial charge is 0.335 e. The number of carbonyl (C=O) groups is 2. The number of hydrogen-bond acceptors (Lipinski definition) is 3. The lowest BCUT2D eigenvalue weighted by Crippen LogP contribution is -2.45. The highest BCUT2D eigenvalue weighted by molar-refractivity contribution is 5.96. The minimum Gasteiger partial charge on any atom is -0.478 e. The molecule has 1 aliphatic heterocycles. The SMILES string of the molecule is O=C(O)c1ccc(C(=O)NC2CCN(CC3CCCC3)CC2)cc1. The lowest BCUT2D eigenvalue weighted by molar-refractivity contribution is 0.0696. The van der Waals surface area contributed by atoms with Crippen LogP contribution in [0.5, 0.6) is 0 Å². The molecule has 0 aromatic heterocycles. The van der Waals surface area contributed by atoms with Crippen LogP contribution in [0.25, 0.3) is 0 Å². The van der Waals surface area contributed by atoms with Crippen molar-refractivity contribution in [3.8, 4) is 0 Å². The van der Waals surface area contributed by atoms with Crippen molar-refractivity contribution in [1.82, 2.24) is 10.2 Å². The number of likely N-dealkylation sites (tertiary alicyclic amines) is 1. The monoisotopic (exact) mass is 330 g/mol. The maximum absolute atomic E-state index is 12.3. The van der Waals surface area contributed by atoms with Gasteiger partial charge in [-0.25, -0.2) is 4.79 Å². The van der Waals surface area contributed by atoms with Gasteiger partial charge in [0.15, 0.2) is 0 Å². The Hall–Kier alpha value is -1.88. The van der Waals surface area contributed by atoms with Gasteiger partial charge in [0.25, 0.3) is 5.91 Å². The summed E-state index contributed by atoms with van der Waals surface area (Å²) in [5.41, 5.74) is 0.722. The second-order valence-corrected chi connectivity index (χ2v) is 7.08. The predicted molar refractivity (Wildman–Crippen MR) is 92.3 cm³/mol. The van der Waals surface area contributed by atoms with E-state index in [9.17, 15) is 9.59 Å². The van der Waals surface area contributed by atoms with Crippen LogP contribution in [0.2, 0.25) is 0 Å². The van der Waals surface area contributed by atoms with E-state index in [1.54, 1.807) is 12.1 Å². The molecule has 1 heterocycles. The first-order chi connectivity index (χ1) is 11.6. The first-order valence-electron chi connectivity index (χ1n) is 8.98. The number of nitrogens with one attached hydrogen (secondary N) is 1. The fourth-order valence-electron chi connectivity index (χ4n) is 3.85. The van der Waals surface area contributed by atoms with E-state index in [1.807, 2.05) is 0 Å². The molecule has 0 atom stereocenters. The van der Waals surface area contributed by atoms with Gasteiger partial charge in [-0.3, -0.25) is 4.79 Å². The van der Waals surface area contributed by atoms with Crippen LogP contribution in [0.1, 0.15) is 59.2 Å². The van der Waals surface area contributed by atoms with E-state index in [0.717, 1.165) is 31.8 Å². The Bertz CT molecular complexity index is 571. The number of carboxylic acids is 1. The molecule has 5 nitrogen and oxygen atoms in total. The van der Waals surface area contributed by atoms with Crippen LogP contribution >= 0.6 is 0 Å². The average molecular weight is 330 g/mol. The van der Waals surface area contributed by atoms with Crippen molar-refractivity contribution in [1.29, 1.82) is 0 Å². The van der Waals surface area contributed by atoms with Gasteiger partial charge in [0.2, 0.25) is 0 Å². The number of amides is 1. The summed E-state index contributed by atoms with van der Waals surface area (Å²) in [4.78, 5) is 25.7. The van der Waals surface area contributed by atoms with E-state index in [1.165, 1.54) is 44.4 Å². The average Bonchev–Trinajstić information content (AvgIpc) is 3.09. The van der Waals surface area contributed by atoms with Crippen LogP contribution in [0, 0.1) is 5.92 Å². The van der Waals surface area contributed by atoms with E-state index >= 15 is 0 Å². The molecule has 1 saturated carbocycles. The Labute approximate surface area is 143 Å². The molecule has 0 unspecified atom stereocenters. The fraction of sp³-hybridized carbons (Fsp3) is 0.579. The standard InChI is InChI=1S/C19H26N2O3/c22-18(15-5-7-16(8-6-15)19(23)24)20-17-9-11-21(12-10-17)13-14-3-1-2-4-14/h5-8,14,17H,1-4,9-13H2,(H,20,22)(H,23,24). The maximum Gasteiger partial charge on any atom is 0.335 e. The van der Waals surface area contributed by atoms with E-state index in [4.69, 9.17) is 5.11 Å². The predicted octanol–water partition coefficient (Wildman–Crippen LogP) is 2.77. The van der Waals surface area contributed by atoms with Crippen LogP contribution in [0.15, 0.2) is 24.3 Å². The molecule has 0 spiro atoms. The van der Waals surface area contributed by atoms with Gasteiger partial charge in [-0.05, 0) is 55.9 Å². The lowest BCUT2D eigenvalue weighted by Gasteiger charge is -2.33. The van der Waals surface area contributed by atoms with Crippen molar-refractivity contribution in [2.75, 3.05) is 19.6 Å². The second kappa shape index (κ2) is 7.79. The van der Waals surface area contributed by atoms with Gasteiger partial charge in [0.05, 0.1) is 5.56 Å². The van der Waals surface area contributed by atoms with Crippen LogP contribution in [0.4, 0.5) is 0 Å². The zero-order chi connectivity index (χ0) is 16.9. The number of carbonyl (C=O) groups excluding carboxylic acids is 1. The number of hydrogen-bond donors (Lipinski definition) is 2. The minimum atomic E-state index is -0.975. The molecule has 0 bridgehead atoms. The summed E-state index contributed by atoms with van der Waals surface area (Å²) < 4.78 is 0. The number of piperidine rings is 1. The molecule has 5 heteroatoms. The molecular formula is C19H26N2O3. The summed E-state index contributed by atoms with van der Waals surface area (Å²) in [5.74, 6) is -0.207. The molecule has 1 aliphatic carbocycles. The van der Waals surface area contributed by atoms with Crippen LogP contribution in [0.3, 0.4) is 0 Å². The van der Waals surface area contributed by atoms with Gasteiger partial charge < -0.3 is 15.3 Å². The minimum absolute atomic E-state index is 0.110. The molecule has 24 heavy (non-hydrogen) atoms. The van der Waals surface area contributed by atoms with Gasteiger partial charge in [-0.2, -0.15) is 0 Å². The molecule has 2 aliphatic rings. The summed E-state index contributed by atoms with van der Waals surface area (Å²) >= 11 is 0. The van der Waals surface area contributed by atoms with E-state index in [-0.39, 0.29) is 17.5 Å².